The lowest BCUT2D eigenvalue weighted by Gasteiger charge is -2.14. The molecule has 13 heteroatoms. The van der Waals surface area contributed by atoms with E-state index in [4.69, 9.17) is 0 Å². The van der Waals surface area contributed by atoms with Gasteiger partial charge in [0.15, 0.2) is 5.65 Å². The fourth-order valence-electron chi connectivity index (χ4n) is 3.80. The molecule has 0 bridgehead atoms. The minimum atomic E-state index is -4.72. The van der Waals surface area contributed by atoms with Gasteiger partial charge in [-0.25, -0.2) is 15.0 Å². The molecule has 0 radical (unpaired) electrons. The number of aryl methyl sites for hydroxylation is 2. The summed E-state index contributed by atoms with van der Waals surface area (Å²) in [7, 11) is -1.48. The lowest BCUT2D eigenvalue weighted by Crippen LogP contribution is -2.14. The van der Waals surface area contributed by atoms with Crippen LogP contribution in [0, 0.1) is 0 Å². The molecule has 6 nitrogen and oxygen atoms in total. The summed E-state index contributed by atoms with van der Waals surface area (Å²) >= 11 is 0. The van der Waals surface area contributed by atoms with E-state index in [2.05, 4.69) is 20.8 Å². The van der Waals surface area contributed by atoms with Crippen molar-refractivity contribution in [2.75, 3.05) is 5.75 Å². The van der Waals surface area contributed by atoms with Gasteiger partial charge in [0.2, 0.25) is 5.82 Å². The van der Waals surface area contributed by atoms with Crippen molar-refractivity contribution in [2.45, 2.75) is 37.6 Å². The molecule has 34 heavy (non-hydrogen) atoms. The van der Waals surface area contributed by atoms with E-state index in [-0.39, 0.29) is 50.8 Å². The summed E-state index contributed by atoms with van der Waals surface area (Å²) in [5, 5.41) is 0. The first-order valence-electron chi connectivity index (χ1n) is 10.1. The number of imidazole rings is 2. The van der Waals surface area contributed by atoms with Crippen LogP contribution in [0.4, 0.5) is 26.3 Å². The van der Waals surface area contributed by atoms with Crippen molar-refractivity contribution in [1.29, 1.82) is 0 Å². The lowest BCUT2D eigenvalue weighted by atomic mass is 10.2. The maximum Gasteiger partial charge on any atom is 0.449 e. The predicted octanol–water partition coefficient (Wildman–Crippen LogP) is 5.14. The van der Waals surface area contributed by atoms with Crippen molar-refractivity contribution >= 4 is 37.6 Å². The quantitative estimate of drug-likeness (QED) is 0.286. The van der Waals surface area contributed by atoms with E-state index in [0.29, 0.717) is 6.20 Å². The molecule has 1 aromatic carbocycles. The second-order valence-electron chi connectivity index (χ2n) is 7.67. The largest absolute Gasteiger partial charge is 0.449 e. The van der Waals surface area contributed by atoms with Crippen LogP contribution in [-0.4, -0.2) is 39.9 Å². The molecule has 1 unspecified atom stereocenters. The van der Waals surface area contributed by atoms with Gasteiger partial charge in [-0.1, -0.05) is 6.92 Å². The Bertz CT molecular complexity index is 1530. The maximum atomic E-state index is 13.6. The summed E-state index contributed by atoms with van der Waals surface area (Å²) in [6.45, 7) is 3.11. The van der Waals surface area contributed by atoms with Crippen LogP contribution < -0.4 is 0 Å². The molecular formula is C21H19F6N5OS. The highest BCUT2D eigenvalue weighted by Gasteiger charge is 2.38. The summed E-state index contributed by atoms with van der Waals surface area (Å²) in [5.41, 5.74) is -0.675. The third-order valence-electron chi connectivity index (χ3n) is 5.56. The molecule has 0 aliphatic rings. The van der Waals surface area contributed by atoms with Crippen LogP contribution in [0.3, 0.4) is 0 Å². The molecule has 0 fully saturated rings. The number of halogens is 6. The van der Waals surface area contributed by atoms with Gasteiger partial charge in [0.25, 0.3) is 0 Å². The molecular weight excluding hydrogens is 484 g/mol. The predicted molar refractivity (Wildman–Crippen MR) is 117 cm³/mol. The zero-order chi connectivity index (χ0) is 25.2. The Labute approximate surface area is 190 Å². The molecule has 0 saturated heterocycles. The van der Waals surface area contributed by atoms with Gasteiger partial charge in [0.1, 0.15) is 11.3 Å². The van der Waals surface area contributed by atoms with Crippen LogP contribution in [-0.2, 0) is 35.5 Å². The second-order valence-corrected chi connectivity index (χ2v) is 10.3. The molecule has 0 aliphatic heterocycles. The van der Waals surface area contributed by atoms with Crippen LogP contribution in [0.15, 0.2) is 29.3 Å². The molecule has 0 saturated carbocycles. The standard InChI is InChI=1S/C21H19F6N5OS/c1-5-32-15-9-16(34(4,33)6-2)12(8-13(15)30-19(32)21(25,26)27)17-29-14-7-11(20(22,23)24)10-28-18(14)31(17)3/h7-10H,4-6H2,1-3H3. The van der Waals surface area contributed by atoms with Crippen LogP contribution in [0.1, 0.15) is 25.2 Å². The van der Waals surface area contributed by atoms with E-state index in [1.54, 1.807) is 6.92 Å². The first-order chi connectivity index (χ1) is 15.7. The number of pyridine rings is 1. The average Bonchev–Trinajstić information content (AvgIpc) is 3.29. The van der Waals surface area contributed by atoms with E-state index in [0.717, 1.165) is 10.6 Å². The average molecular weight is 503 g/mol. The fraction of sp³-hybridized carbons (Fsp3) is 0.333. The van der Waals surface area contributed by atoms with Crippen molar-refractivity contribution < 1.29 is 30.6 Å². The molecule has 4 rings (SSSR count). The Hall–Kier alpha value is -3.09. The number of hydrogen-bond donors (Lipinski definition) is 0. The summed E-state index contributed by atoms with van der Waals surface area (Å²) in [6, 6.07) is 3.50. The van der Waals surface area contributed by atoms with Crippen LogP contribution in [0.5, 0.6) is 0 Å². The molecule has 3 aromatic heterocycles. The van der Waals surface area contributed by atoms with E-state index in [9.17, 15) is 30.6 Å². The number of aromatic nitrogens is 5. The first kappa shape index (κ1) is 24.0. The SMILES string of the molecule is C=S(=O)(CC)c1cc2c(cc1-c1nc3cc(C(F)(F)F)cnc3n1C)nc(C(F)(F)F)n2CC. The molecule has 4 aromatic rings. The molecule has 0 aliphatic carbocycles. The number of nitrogens with zero attached hydrogens (tertiary/aromatic N) is 5. The number of benzene rings is 1. The van der Waals surface area contributed by atoms with Crippen LogP contribution in [0.2, 0.25) is 0 Å². The fourth-order valence-corrected chi connectivity index (χ4v) is 4.99. The lowest BCUT2D eigenvalue weighted by molar-refractivity contribution is -0.146. The maximum absolute atomic E-state index is 13.6. The number of rotatable bonds is 4. The number of fused-ring (bicyclic) bond motifs is 2. The van der Waals surface area contributed by atoms with Gasteiger partial charge in [-0.3, -0.25) is 4.21 Å². The van der Waals surface area contributed by atoms with Gasteiger partial charge < -0.3 is 9.13 Å². The van der Waals surface area contributed by atoms with Crippen LogP contribution >= 0.6 is 0 Å². The van der Waals surface area contributed by atoms with E-state index < -0.39 is 33.3 Å². The summed E-state index contributed by atoms with van der Waals surface area (Å²) in [4.78, 5) is 12.0. The monoisotopic (exact) mass is 503 g/mol. The van der Waals surface area contributed by atoms with Crippen molar-refractivity contribution in [3.63, 3.8) is 0 Å². The Balaban J connectivity index is 2.08. The van der Waals surface area contributed by atoms with E-state index in [1.807, 2.05) is 0 Å². The van der Waals surface area contributed by atoms with Gasteiger partial charge in [-0.05, 0) is 40.5 Å². The van der Waals surface area contributed by atoms with Gasteiger partial charge in [0, 0.05) is 36.0 Å². The Morgan fingerprint density at radius 3 is 2.24 bits per heavy atom. The molecule has 182 valence electrons. The topological polar surface area (TPSA) is 65.6 Å². The summed E-state index contributed by atoms with van der Waals surface area (Å²) in [6.07, 6.45) is -8.68. The Morgan fingerprint density at radius 1 is 1.00 bits per heavy atom. The number of hydrogen-bond acceptors (Lipinski definition) is 4. The second kappa shape index (κ2) is 7.72. The third-order valence-corrected chi connectivity index (χ3v) is 7.64. The normalized spacial score (nSPS) is 14.7. The number of alkyl halides is 6. The van der Waals surface area contributed by atoms with E-state index in [1.165, 1.54) is 30.7 Å². The van der Waals surface area contributed by atoms with Crippen molar-refractivity contribution in [1.82, 2.24) is 24.1 Å². The van der Waals surface area contributed by atoms with Crippen molar-refractivity contribution in [2.24, 2.45) is 7.05 Å². The highest BCUT2D eigenvalue weighted by Crippen LogP contribution is 2.37. The molecule has 0 amide bonds. The highest BCUT2D eigenvalue weighted by atomic mass is 32.2. The van der Waals surface area contributed by atoms with Crippen molar-refractivity contribution in [3.8, 4) is 11.4 Å². The van der Waals surface area contributed by atoms with Gasteiger partial charge in [-0.15, -0.1) is 0 Å². The zero-order valence-electron chi connectivity index (χ0n) is 18.3. The molecule has 1 atom stereocenters. The third kappa shape index (κ3) is 3.81. The first-order valence-corrected chi connectivity index (χ1v) is 11.9. The van der Waals surface area contributed by atoms with Gasteiger partial charge in [0.05, 0.1) is 16.6 Å². The Kier molecular flexibility index (Phi) is 5.46. The van der Waals surface area contributed by atoms with E-state index >= 15 is 0 Å². The summed E-state index contributed by atoms with van der Waals surface area (Å²) < 4.78 is 95.8. The molecule has 0 N–H and O–H groups in total. The highest BCUT2D eigenvalue weighted by molar-refractivity contribution is 8.00. The van der Waals surface area contributed by atoms with Crippen LogP contribution in [0.25, 0.3) is 33.6 Å². The summed E-state index contributed by atoms with van der Waals surface area (Å²) in [5.74, 6) is 2.83. The van der Waals surface area contributed by atoms with Gasteiger partial charge >= 0.3 is 12.4 Å². The zero-order valence-corrected chi connectivity index (χ0v) is 19.1. The smallest absolute Gasteiger partial charge is 0.321 e. The molecule has 0 spiro atoms. The van der Waals surface area contributed by atoms with Crippen molar-refractivity contribution in [3.05, 3.63) is 35.8 Å². The molecule has 3 heterocycles. The minimum Gasteiger partial charge on any atom is -0.321 e. The van der Waals surface area contributed by atoms with Gasteiger partial charge in [-0.2, -0.15) is 26.3 Å². The Morgan fingerprint density at radius 2 is 1.68 bits per heavy atom. The minimum absolute atomic E-state index is 0.0183.